The number of hydrogen-bond donors (Lipinski definition) is 0. The van der Waals surface area contributed by atoms with E-state index in [0.717, 1.165) is 12.7 Å². The molecule has 0 spiro atoms. The van der Waals surface area contributed by atoms with Crippen molar-refractivity contribution in [3.05, 3.63) is 0 Å². The maximum absolute atomic E-state index is 12.0. The Hall–Kier alpha value is -0.580. The number of amides is 1. The minimum Gasteiger partial charge on any atom is -0.341 e. The van der Waals surface area contributed by atoms with Crippen molar-refractivity contribution < 1.29 is 13.2 Å². The Balaban J connectivity index is 2.74. The van der Waals surface area contributed by atoms with E-state index in [1.54, 1.807) is 4.90 Å². The van der Waals surface area contributed by atoms with E-state index in [2.05, 4.69) is 13.8 Å². The fourth-order valence-electron chi connectivity index (χ4n) is 2.28. The average molecular weight is 247 g/mol. The van der Waals surface area contributed by atoms with Crippen molar-refractivity contribution in [2.75, 3.05) is 19.3 Å². The SMILES string of the molecule is C[C@@H]1C[C@H](C)CN(C(=O)[C@H](C)S(C)(=O)=O)C1. The van der Waals surface area contributed by atoms with Crippen LogP contribution < -0.4 is 0 Å². The van der Waals surface area contributed by atoms with Crippen LogP contribution >= 0.6 is 0 Å². The van der Waals surface area contributed by atoms with E-state index in [0.29, 0.717) is 24.9 Å². The molecule has 3 atom stereocenters. The van der Waals surface area contributed by atoms with Crippen LogP contribution in [0, 0.1) is 11.8 Å². The lowest BCUT2D eigenvalue weighted by molar-refractivity contribution is -0.133. The first-order valence-electron chi connectivity index (χ1n) is 5.69. The van der Waals surface area contributed by atoms with Crippen LogP contribution in [0.25, 0.3) is 0 Å². The van der Waals surface area contributed by atoms with Crippen LogP contribution in [0.1, 0.15) is 27.2 Å². The number of likely N-dealkylation sites (tertiary alicyclic amines) is 1. The van der Waals surface area contributed by atoms with E-state index in [1.165, 1.54) is 6.92 Å². The Morgan fingerprint density at radius 1 is 1.25 bits per heavy atom. The monoisotopic (exact) mass is 247 g/mol. The molecule has 1 amide bonds. The summed E-state index contributed by atoms with van der Waals surface area (Å²) in [5.41, 5.74) is 0. The van der Waals surface area contributed by atoms with Gasteiger partial charge in [0.1, 0.15) is 5.25 Å². The van der Waals surface area contributed by atoms with Gasteiger partial charge in [-0.25, -0.2) is 8.42 Å². The number of carbonyl (C=O) groups is 1. The van der Waals surface area contributed by atoms with Crippen LogP contribution in [-0.4, -0.2) is 43.8 Å². The molecule has 0 aromatic rings. The number of piperidine rings is 1. The Labute approximate surface area is 97.9 Å². The molecule has 0 aromatic carbocycles. The van der Waals surface area contributed by atoms with Crippen molar-refractivity contribution in [1.29, 1.82) is 0 Å². The summed E-state index contributed by atoms with van der Waals surface area (Å²) in [5, 5.41) is -0.912. The first-order chi connectivity index (χ1) is 7.21. The van der Waals surface area contributed by atoms with Gasteiger partial charge >= 0.3 is 0 Å². The van der Waals surface area contributed by atoms with Gasteiger partial charge in [-0.15, -0.1) is 0 Å². The molecule has 1 rings (SSSR count). The van der Waals surface area contributed by atoms with E-state index in [4.69, 9.17) is 0 Å². The van der Waals surface area contributed by atoms with Crippen molar-refractivity contribution in [2.24, 2.45) is 11.8 Å². The lowest BCUT2D eigenvalue weighted by Crippen LogP contribution is -2.48. The Bertz CT molecular complexity index is 353. The van der Waals surface area contributed by atoms with Crippen LogP contribution in [-0.2, 0) is 14.6 Å². The highest BCUT2D eigenvalue weighted by Gasteiger charge is 2.32. The van der Waals surface area contributed by atoms with Crippen LogP contribution in [0.2, 0.25) is 0 Å². The molecule has 0 aromatic heterocycles. The molecule has 0 radical (unpaired) electrons. The lowest BCUT2D eigenvalue weighted by atomic mass is 9.92. The molecule has 0 saturated carbocycles. The maximum Gasteiger partial charge on any atom is 0.240 e. The molecule has 1 aliphatic rings. The summed E-state index contributed by atoms with van der Waals surface area (Å²) in [7, 11) is -3.28. The third-order valence-corrected chi connectivity index (χ3v) is 4.66. The largest absolute Gasteiger partial charge is 0.341 e. The molecule has 0 N–H and O–H groups in total. The molecule has 0 bridgehead atoms. The van der Waals surface area contributed by atoms with Crippen molar-refractivity contribution >= 4 is 15.7 Å². The number of sulfone groups is 1. The summed E-state index contributed by atoms with van der Waals surface area (Å²) in [6.45, 7) is 7.04. The molecule has 1 saturated heterocycles. The first-order valence-corrected chi connectivity index (χ1v) is 7.65. The third kappa shape index (κ3) is 3.20. The van der Waals surface area contributed by atoms with Gasteiger partial charge in [-0.1, -0.05) is 13.8 Å². The number of carbonyl (C=O) groups excluding carboxylic acids is 1. The van der Waals surface area contributed by atoms with Crippen molar-refractivity contribution in [3.8, 4) is 0 Å². The molecule has 0 aliphatic carbocycles. The van der Waals surface area contributed by atoms with Gasteiger partial charge in [-0.05, 0) is 25.2 Å². The summed E-state index contributed by atoms with van der Waals surface area (Å²) in [6, 6.07) is 0. The summed E-state index contributed by atoms with van der Waals surface area (Å²) < 4.78 is 22.7. The topological polar surface area (TPSA) is 54.5 Å². The molecule has 4 nitrogen and oxygen atoms in total. The fraction of sp³-hybridized carbons (Fsp3) is 0.909. The summed E-state index contributed by atoms with van der Waals surface area (Å²) in [4.78, 5) is 13.7. The van der Waals surface area contributed by atoms with Gasteiger partial charge in [0.25, 0.3) is 0 Å². The predicted molar refractivity (Wildman–Crippen MR) is 63.8 cm³/mol. The third-order valence-electron chi connectivity index (χ3n) is 3.17. The van der Waals surface area contributed by atoms with E-state index < -0.39 is 15.1 Å². The highest BCUT2D eigenvalue weighted by Crippen LogP contribution is 2.22. The van der Waals surface area contributed by atoms with Crippen LogP contribution in [0.4, 0.5) is 0 Å². The van der Waals surface area contributed by atoms with E-state index in [9.17, 15) is 13.2 Å². The Kier molecular flexibility index (Phi) is 3.99. The molecule has 1 aliphatic heterocycles. The van der Waals surface area contributed by atoms with Crippen molar-refractivity contribution in [1.82, 2.24) is 4.90 Å². The predicted octanol–water partition coefficient (Wildman–Crippen LogP) is 0.924. The number of nitrogens with zero attached hydrogens (tertiary/aromatic N) is 1. The highest BCUT2D eigenvalue weighted by atomic mass is 32.2. The highest BCUT2D eigenvalue weighted by molar-refractivity contribution is 7.92. The average Bonchev–Trinajstić information content (AvgIpc) is 2.12. The molecule has 16 heavy (non-hydrogen) atoms. The summed E-state index contributed by atoms with van der Waals surface area (Å²) in [6.07, 6.45) is 2.23. The van der Waals surface area contributed by atoms with Gasteiger partial charge in [0, 0.05) is 19.3 Å². The smallest absolute Gasteiger partial charge is 0.240 e. The maximum atomic E-state index is 12.0. The molecule has 0 unspecified atom stereocenters. The second kappa shape index (κ2) is 4.73. The second-order valence-electron chi connectivity index (χ2n) is 5.16. The van der Waals surface area contributed by atoms with Gasteiger partial charge in [0.15, 0.2) is 9.84 Å². The zero-order valence-corrected chi connectivity index (χ0v) is 11.3. The zero-order chi connectivity index (χ0) is 12.5. The zero-order valence-electron chi connectivity index (χ0n) is 10.4. The van der Waals surface area contributed by atoms with Gasteiger partial charge in [-0.2, -0.15) is 0 Å². The normalized spacial score (nSPS) is 28.9. The van der Waals surface area contributed by atoms with Gasteiger partial charge in [0.05, 0.1) is 0 Å². The summed E-state index contributed by atoms with van der Waals surface area (Å²) in [5.74, 6) is 0.667. The minimum atomic E-state index is -3.28. The second-order valence-corrected chi connectivity index (χ2v) is 7.53. The van der Waals surface area contributed by atoms with Crippen LogP contribution in [0.5, 0.6) is 0 Å². The molecule has 1 fully saturated rings. The molecular formula is C11H21NO3S. The molecule has 5 heteroatoms. The molecule has 94 valence electrons. The fourth-order valence-corrected chi connectivity index (χ4v) is 2.80. The summed E-state index contributed by atoms with van der Waals surface area (Å²) >= 11 is 0. The minimum absolute atomic E-state index is 0.249. The Morgan fingerprint density at radius 2 is 1.69 bits per heavy atom. The lowest BCUT2D eigenvalue weighted by Gasteiger charge is -2.36. The van der Waals surface area contributed by atoms with Crippen molar-refractivity contribution in [3.63, 3.8) is 0 Å². The van der Waals surface area contributed by atoms with Crippen molar-refractivity contribution in [2.45, 2.75) is 32.4 Å². The number of hydrogen-bond acceptors (Lipinski definition) is 3. The van der Waals surface area contributed by atoms with E-state index in [-0.39, 0.29) is 5.91 Å². The van der Waals surface area contributed by atoms with Crippen LogP contribution in [0.15, 0.2) is 0 Å². The quantitative estimate of drug-likeness (QED) is 0.729. The van der Waals surface area contributed by atoms with Gasteiger partial charge < -0.3 is 4.90 Å². The Morgan fingerprint density at radius 3 is 2.06 bits per heavy atom. The van der Waals surface area contributed by atoms with Gasteiger partial charge in [-0.3, -0.25) is 4.79 Å². The number of rotatable bonds is 2. The van der Waals surface area contributed by atoms with E-state index in [1.807, 2.05) is 0 Å². The van der Waals surface area contributed by atoms with E-state index >= 15 is 0 Å². The molecular weight excluding hydrogens is 226 g/mol. The standard InChI is InChI=1S/C11H21NO3S/c1-8-5-9(2)7-12(6-8)11(13)10(3)16(4,14)15/h8-10H,5-7H2,1-4H3/t8-,9+,10-/m0/s1. The van der Waals surface area contributed by atoms with Gasteiger partial charge in [0.2, 0.25) is 5.91 Å². The first kappa shape index (κ1) is 13.5. The van der Waals surface area contributed by atoms with Crippen LogP contribution in [0.3, 0.4) is 0 Å². The molecule has 1 heterocycles.